The molecule has 0 spiro atoms. The van der Waals surface area contributed by atoms with E-state index >= 15 is 0 Å². The van der Waals surface area contributed by atoms with Crippen LogP contribution in [0.15, 0.2) is 12.1 Å². The first-order chi connectivity index (χ1) is 7.75. The van der Waals surface area contributed by atoms with Crippen molar-refractivity contribution in [1.82, 2.24) is 0 Å². The highest BCUT2D eigenvalue weighted by Crippen LogP contribution is 2.33. The summed E-state index contributed by atoms with van der Waals surface area (Å²) >= 11 is 5.69. The highest BCUT2D eigenvalue weighted by molar-refractivity contribution is 6.31. The van der Waals surface area contributed by atoms with Crippen LogP contribution in [0.25, 0.3) is 0 Å². The summed E-state index contributed by atoms with van der Waals surface area (Å²) in [4.78, 5) is 10.8. The summed E-state index contributed by atoms with van der Waals surface area (Å²) in [5.74, 6) is -1.93. The number of halogens is 4. The number of alkyl halides is 3. The molecule has 0 aromatic heterocycles. The Bertz CT molecular complexity index is 446. The molecule has 94 valence electrons. The van der Waals surface area contributed by atoms with Crippen molar-refractivity contribution in [2.75, 3.05) is 12.4 Å². The van der Waals surface area contributed by atoms with Gasteiger partial charge in [0.25, 0.3) is 0 Å². The highest BCUT2D eigenvalue weighted by Gasteiger charge is 2.39. The van der Waals surface area contributed by atoms with Crippen LogP contribution in [0.2, 0.25) is 5.02 Å². The van der Waals surface area contributed by atoms with E-state index in [4.69, 9.17) is 16.3 Å². The number of benzene rings is 1. The summed E-state index contributed by atoms with van der Waals surface area (Å²) in [6.07, 6.45) is -4.96. The van der Waals surface area contributed by atoms with E-state index in [0.29, 0.717) is 5.56 Å². The van der Waals surface area contributed by atoms with Gasteiger partial charge in [0.1, 0.15) is 5.75 Å². The number of amides is 1. The van der Waals surface area contributed by atoms with Gasteiger partial charge in [-0.3, -0.25) is 4.79 Å². The van der Waals surface area contributed by atoms with Crippen molar-refractivity contribution in [2.45, 2.75) is 13.1 Å². The summed E-state index contributed by atoms with van der Waals surface area (Å²) in [7, 11) is 1.29. The predicted molar refractivity (Wildman–Crippen MR) is 57.4 cm³/mol. The van der Waals surface area contributed by atoms with E-state index in [2.05, 4.69) is 0 Å². The van der Waals surface area contributed by atoms with Gasteiger partial charge in [-0.25, -0.2) is 0 Å². The number of aryl methyl sites for hydroxylation is 1. The summed E-state index contributed by atoms with van der Waals surface area (Å²) in [6, 6.07) is 2.71. The molecule has 17 heavy (non-hydrogen) atoms. The second-order valence-corrected chi connectivity index (χ2v) is 3.69. The third kappa shape index (κ3) is 3.26. The molecule has 7 heteroatoms. The summed E-state index contributed by atoms with van der Waals surface area (Å²) in [5.41, 5.74) is 0.414. The number of hydrogen-bond donors (Lipinski definition) is 1. The molecule has 0 saturated heterocycles. The van der Waals surface area contributed by atoms with Crippen molar-refractivity contribution in [2.24, 2.45) is 0 Å². The van der Waals surface area contributed by atoms with Crippen LogP contribution >= 0.6 is 11.6 Å². The number of rotatable bonds is 2. The van der Waals surface area contributed by atoms with Gasteiger partial charge in [0.2, 0.25) is 0 Å². The zero-order valence-electron chi connectivity index (χ0n) is 8.98. The first-order valence-corrected chi connectivity index (χ1v) is 4.86. The van der Waals surface area contributed by atoms with Gasteiger partial charge in [-0.2, -0.15) is 13.2 Å². The van der Waals surface area contributed by atoms with Crippen molar-refractivity contribution in [3.8, 4) is 5.75 Å². The topological polar surface area (TPSA) is 38.3 Å². The molecule has 1 N–H and O–H groups in total. The number of nitrogens with one attached hydrogen (secondary N) is 1. The number of ether oxygens (including phenoxy) is 1. The molecule has 3 nitrogen and oxygen atoms in total. The van der Waals surface area contributed by atoms with Gasteiger partial charge in [0.05, 0.1) is 12.8 Å². The molecular formula is C10H9ClF3NO2. The average molecular weight is 268 g/mol. The van der Waals surface area contributed by atoms with Crippen LogP contribution in [0.5, 0.6) is 5.75 Å². The van der Waals surface area contributed by atoms with Crippen LogP contribution in [0.1, 0.15) is 5.56 Å². The second kappa shape index (κ2) is 4.83. The average Bonchev–Trinajstić information content (AvgIpc) is 2.15. The molecule has 1 amide bonds. The molecular weight excluding hydrogens is 259 g/mol. The van der Waals surface area contributed by atoms with Gasteiger partial charge < -0.3 is 10.1 Å². The van der Waals surface area contributed by atoms with Gasteiger partial charge >= 0.3 is 12.1 Å². The molecule has 0 aliphatic carbocycles. The molecule has 0 radical (unpaired) electrons. The number of hydrogen-bond acceptors (Lipinski definition) is 2. The molecule has 0 aliphatic heterocycles. The summed E-state index contributed by atoms with van der Waals surface area (Å²) in [5, 5.41) is 1.92. The van der Waals surface area contributed by atoms with Crippen molar-refractivity contribution < 1.29 is 22.7 Å². The Morgan fingerprint density at radius 2 is 2.00 bits per heavy atom. The van der Waals surface area contributed by atoms with E-state index < -0.39 is 12.1 Å². The lowest BCUT2D eigenvalue weighted by Gasteiger charge is -2.14. The summed E-state index contributed by atoms with van der Waals surface area (Å²) in [6.45, 7) is 1.61. The van der Waals surface area contributed by atoms with Gasteiger partial charge in [-0.05, 0) is 24.6 Å². The smallest absolute Gasteiger partial charge is 0.471 e. The lowest BCUT2D eigenvalue weighted by molar-refractivity contribution is -0.167. The van der Waals surface area contributed by atoms with Crippen LogP contribution in [-0.4, -0.2) is 19.2 Å². The number of anilines is 1. The minimum atomic E-state index is -4.96. The maximum atomic E-state index is 12.1. The number of carbonyl (C=O) groups is 1. The fourth-order valence-electron chi connectivity index (χ4n) is 1.29. The minimum absolute atomic E-state index is 0.111. The Morgan fingerprint density at radius 1 is 1.41 bits per heavy atom. The lowest BCUT2D eigenvalue weighted by atomic mass is 10.2. The fourth-order valence-corrected chi connectivity index (χ4v) is 1.56. The SMILES string of the molecule is COc1c(C)cc(Cl)cc1NC(=O)C(F)(F)F. The first-order valence-electron chi connectivity index (χ1n) is 4.48. The Balaban J connectivity index is 3.10. The van der Waals surface area contributed by atoms with E-state index in [9.17, 15) is 18.0 Å². The van der Waals surface area contributed by atoms with E-state index in [1.54, 1.807) is 12.2 Å². The normalized spacial score (nSPS) is 11.2. The zero-order chi connectivity index (χ0) is 13.2. The quantitative estimate of drug-likeness (QED) is 0.894. The third-order valence-electron chi connectivity index (χ3n) is 1.95. The van der Waals surface area contributed by atoms with Crippen LogP contribution in [0.3, 0.4) is 0 Å². The monoisotopic (exact) mass is 267 g/mol. The Labute approximate surface area is 101 Å². The van der Waals surface area contributed by atoms with Gasteiger partial charge in [-0.1, -0.05) is 11.6 Å². The Kier molecular flexibility index (Phi) is 3.87. The van der Waals surface area contributed by atoms with Crippen molar-refractivity contribution in [3.63, 3.8) is 0 Å². The van der Waals surface area contributed by atoms with E-state index in [1.165, 1.54) is 19.2 Å². The molecule has 0 atom stereocenters. The molecule has 1 rings (SSSR count). The Hall–Kier alpha value is -1.43. The van der Waals surface area contributed by atoms with Crippen molar-refractivity contribution in [1.29, 1.82) is 0 Å². The van der Waals surface area contributed by atoms with E-state index in [1.807, 2.05) is 0 Å². The van der Waals surface area contributed by atoms with Crippen LogP contribution < -0.4 is 10.1 Å². The van der Waals surface area contributed by atoms with Crippen LogP contribution in [-0.2, 0) is 4.79 Å². The molecule has 0 saturated carbocycles. The summed E-state index contributed by atoms with van der Waals surface area (Å²) < 4.78 is 41.2. The Morgan fingerprint density at radius 3 is 2.47 bits per heavy atom. The zero-order valence-corrected chi connectivity index (χ0v) is 9.74. The van der Waals surface area contributed by atoms with Crippen molar-refractivity contribution >= 4 is 23.2 Å². The molecule has 1 aromatic carbocycles. The highest BCUT2D eigenvalue weighted by atomic mass is 35.5. The largest absolute Gasteiger partial charge is 0.494 e. The number of carbonyl (C=O) groups excluding carboxylic acids is 1. The lowest BCUT2D eigenvalue weighted by Crippen LogP contribution is -2.30. The maximum Gasteiger partial charge on any atom is 0.471 e. The molecule has 0 heterocycles. The van der Waals surface area contributed by atoms with Gasteiger partial charge in [0, 0.05) is 5.02 Å². The van der Waals surface area contributed by atoms with Crippen LogP contribution in [0.4, 0.5) is 18.9 Å². The maximum absolute atomic E-state index is 12.1. The number of methoxy groups -OCH3 is 1. The molecule has 0 fully saturated rings. The van der Waals surface area contributed by atoms with Crippen LogP contribution in [0, 0.1) is 6.92 Å². The second-order valence-electron chi connectivity index (χ2n) is 3.26. The molecule has 0 bridgehead atoms. The van der Waals surface area contributed by atoms with Gasteiger partial charge in [0.15, 0.2) is 0 Å². The van der Waals surface area contributed by atoms with Crippen molar-refractivity contribution in [3.05, 3.63) is 22.7 Å². The minimum Gasteiger partial charge on any atom is -0.494 e. The van der Waals surface area contributed by atoms with E-state index in [-0.39, 0.29) is 16.5 Å². The fraction of sp³-hybridized carbons (Fsp3) is 0.300. The molecule has 0 aliphatic rings. The predicted octanol–water partition coefficient (Wildman–Crippen LogP) is 3.16. The molecule has 0 unspecified atom stereocenters. The molecule has 1 aromatic rings. The van der Waals surface area contributed by atoms with E-state index in [0.717, 1.165) is 0 Å². The standard InChI is InChI=1S/C10H9ClF3NO2/c1-5-3-6(11)4-7(8(5)17-2)15-9(16)10(12,13)14/h3-4H,1-2H3,(H,15,16). The third-order valence-corrected chi connectivity index (χ3v) is 2.17. The van der Waals surface area contributed by atoms with Gasteiger partial charge in [-0.15, -0.1) is 0 Å². The first kappa shape index (κ1) is 13.6.